The lowest BCUT2D eigenvalue weighted by molar-refractivity contribution is 0.107. The SMILES string of the molecule is Oc1cc(Cl)c(C2CC2)c(-c2ncc3c(N4CC5CCC4CN5)nc(OC[C@]45CCCN4C[C@@H](F)C5)nc3c2F)c1. The highest BCUT2D eigenvalue weighted by Crippen LogP contribution is 2.49. The Morgan fingerprint density at radius 1 is 1.17 bits per heavy atom. The van der Waals surface area contributed by atoms with Crippen molar-refractivity contribution in [1.82, 2.24) is 25.2 Å². The lowest BCUT2D eigenvalue weighted by Crippen LogP contribution is -2.61. The lowest BCUT2D eigenvalue weighted by atomic mass is 9.93. The van der Waals surface area contributed by atoms with Gasteiger partial charge in [0.2, 0.25) is 0 Å². The van der Waals surface area contributed by atoms with E-state index in [0.29, 0.717) is 40.8 Å². The second-order valence-corrected chi connectivity index (χ2v) is 12.9. The van der Waals surface area contributed by atoms with Crippen molar-refractivity contribution in [1.29, 1.82) is 0 Å². The molecule has 6 aliphatic rings. The predicted octanol–water partition coefficient (Wildman–Crippen LogP) is 4.96. The quantitative estimate of drug-likeness (QED) is 0.422. The van der Waals surface area contributed by atoms with Gasteiger partial charge in [-0.3, -0.25) is 9.88 Å². The number of nitrogens with one attached hydrogen (secondary N) is 1. The Hall–Kier alpha value is -2.82. The molecule has 1 aromatic carbocycles. The molecule has 2 N–H and O–H groups in total. The molecule has 216 valence electrons. The first kappa shape index (κ1) is 25.9. The number of hydrogen-bond acceptors (Lipinski definition) is 8. The predicted molar refractivity (Wildman–Crippen MR) is 152 cm³/mol. The molecule has 7 heterocycles. The van der Waals surface area contributed by atoms with Crippen LogP contribution in [0.15, 0.2) is 18.3 Å². The zero-order chi connectivity index (χ0) is 27.9. The van der Waals surface area contributed by atoms with E-state index in [0.717, 1.165) is 63.7 Å². The molecule has 6 fully saturated rings. The maximum absolute atomic E-state index is 16.6. The number of pyridine rings is 1. The molecule has 4 atom stereocenters. The van der Waals surface area contributed by atoms with E-state index in [9.17, 15) is 9.50 Å². The van der Waals surface area contributed by atoms with Crippen molar-refractivity contribution in [3.05, 3.63) is 34.7 Å². The molecule has 1 saturated carbocycles. The Balaban J connectivity index is 1.24. The molecule has 8 nitrogen and oxygen atoms in total. The van der Waals surface area contributed by atoms with Crippen molar-refractivity contribution in [2.45, 2.75) is 74.7 Å². The van der Waals surface area contributed by atoms with Gasteiger partial charge in [-0.15, -0.1) is 0 Å². The maximum Gasteiger partial charge on any atom is 0.319 e. The number of alkyl halides is 1. The van der Waals surface area contributed by atoms with Crippen LogP contribution in [-0.4, -0.2) is 81.5 Å². The summed E-state index contributed by atoms with van der Waals surface area (Å²) in [7, 11) is 0. The minimum atomic E-state index is -0.871. The standard InChI is InChI=1S/C30H33ClF2N6O2/c31-23-9-20(40)8-21(24(23)16-2-3-16)26-25(33)27-22(12-35-26)28(39-14-18-4-5-19(39)11-34-18)37-29(36-27)41-15-30-6-1-7-38(30)13-17(32)10-30/h8-9,12,16-19,34,40H,1-7,10-11,13-15H2/t17-,18?,19?,30+/m0/s1. The van der Waals surface area contributed by atoms with E-state index >= 15 is 4.39 Å². The van der Waals surface area contributed by atoms with Crippen molar-refractivity contribution in [3.8, 4) is 23.0 Å². The number of aromatic nitrogens is 3. The third-order valence-electron chi connectivity index (χ3n) is 9.85. The van der Waals surface area contributed by atoms with E-state index in [2.05, 4.69) is 25.1 Å². The molecule has 11 heteroatoms. The van der Waals surface area contributed by atoms with Crippen molar-refractivity contribution < 1.29 is 18.6 Å². The Labute approximate surface area is 242 Å². The Morgan fingerprint density at radius 3 is 2.80 bits per heavy atom. The van der Waals surface area contributed by atoms with E-state index in [1.165, 1.54) is 12.1 Å². The molecule has 2 bridgehead atoms. The van der Waals surface area contributed by atoms with Gasteiger partial charge >= 0.3 is 6.01 Å². The van der Waals surface area contributed by atoms with Crippen LogP contribution in [0.25, 0.3) is 22.2 Å². The number of ether oxygens (including phenoxy) is 1. The summed E-state index contributed by atoms with van der Waals surface area (Å²) in [4.78, 5) is 18.4. The van der Waals surface area contributed by atoms with Crippen LogP contribution in [0.3, 0.4) is 0 Å². The third kappa shape index (κ3) is 4.32. The minimum Gasteiger partial charge on any atom is -0.508 e. The Kier molecular flexibility index (Phi) is 6.06. The number of piperidine rings is 2. The van der Waals surface area contributed by atoms with Crippen LogP contribution in [0.1, 0.15) is 56.4 Å². The molecule has 41 heavy (non-hydrogen) atoms. The van der Waals surface area contributed by atoms with Crippen LogP contribution in [0.4, 0.5) is 14.6 Å². The molecular weight excluding hydrogens is 550 g/mol. The summed E-state index contributed by atoms with van der Waals surface area (Å²) < 4.78 is 37.2. The zero-order valence-corrected chi connectivity index (χ0v) is 23.5. The van der Waals surface area contributed by atoms with Gasteiger partial charge in [0, 0.05) is 54.9 Å². The lowest BCUT2D eigenvalue weighted by Gasteiger charge is -2.46. The Bertz CT molecular complexity index is 1530. The summed E-state index contributed by atoms with van der Waals surface area (Å²) in [5.74, 6) is 0.199. The molecular formula is C30H33ClF2N6O2. The number of benzene rings is 1. The van der Waals surface area contributed by atoms with Gasteiger partial charge in [-0.1, -0.05) is 11.6 Å². The van der Waals surface area contributed by atoms with Crippen molar-refractivity contribution in [3.63, 3.8) is 0 Å². The molecule has 1 aliphatic carbocycles. The van der Waals surface area contributed by atoms with Gasteiger partial charge in [-0.25, -0.2) is 8.78 Å². The number of aromatic hydroxyl groups is 1. The fourth-order valence-electron chi connectivity index (χ4n) is 7.70. The molecule has 5 saturated heterocycles. The molecule has 0 spiro atoms. The topological polar surface area (TPSA) is 86.6 Å². The maximum atomic E-state index is 16.6. The summed E-state index contributed by atoms with van der Waals surface area (Å²) in [6.45, 7) is 3.14. The van der Waals surface area contributed by atoms with Gasteiger partial charge in [0.25, 0.3) is 0 Å². The highest BCUT2D eigenvalue weighted by Gasteiger charge is 2.49. The van der Waals surface area contributed by atoms with Gasteiger partial charge < -0.3 is 20.1 Å². The van der Waals surface area contributed by atoms with E-state index in [1.807, 2.05) is 0 Å². The average molecular weight is 583 g/mol. The highest BCUT2D eigenvalue weighted by atomic mass is 35.5. The van der Waals surface area contributed by atoms with Crippen LogP contribution < -0.4 is 15.0 Å². The number of halogens is 3. The normalized spacial score (nSPS) is 29.4. The van der Waals surface area contributed by atoms with Crippen molar-refractivity contribution >= 4 is 28.3 Å². The van der Waals surface area contributed by atoms with E-state index < -0.39 is 12.0 Å². The number of anilines is 1. The summed E-state index contributed by atoms with van der Waals surface area (Å²) >= 11 is 6.54. The van der Waals surface area contributed by atoms with E-state index in [1.54, 1.807) is 6.20 Å². The summed E-state index contributed by atoms with van der Waals surface area (Å²) in [6, 6.07) is 3.70. The first-order valence-electron chi connectivity index (χ1n) is 14.8. The average Bonchev–Trinajstić information content (AvgIpc) is 3.65. The van der Waals surface area contributed by atoms with Gasteiger partial charge in [0.1, 0.15) is 35.6 Å². The molecule has 3 aromatic rings. The minimum absolute atomic E-state index is 0.0388. The summed E-state index contributed by atoms with van der Waals surface area (Å²) in [6.07, 6.45) is 7.10. The van der Waals surface area contributed by atoms with Crippen LogP contribution in [0.5, 0.6) is 11.8 Å². The van der Waals surface area contributed by atoms with Crippen molar-refractivity contribution in [2.75, 3.05) is 37.7 Å². The molecule has 5 aliphatic heterocycles. The number of phenolic OH excluding ortho intramolecular Hbond substituents is 1. The highest BCUT2D eigenvalue weighted by molar-refractivity contribution is 6.32. The van der Waals surface area contributed by atoms with Crippen molar-refractivity contribution in [2.24, 2.45) is 0 Å². The smallest absolute Gasteiger partial charge is 0.319 e. The number of hydrogen-bond donors (Lipinski definition) is 2. The van der Waals surface area contributed by atoms with Crippen LogP contribution in [0, 0.1) is 5.82 Å². The number of rotatable bonds is 6. The summed E-state index contributed by atoms with van der Waals surface area (Å²) in [5.41, 5.74) is 1.15. The fraction of sp³-hybridized carbons (Fsp3) is 0.567. The fourth-order valence-corrected chi connectivity index (χ4v) is 8.06. The molecule has 0 amide bonds. The van der Waals surface area contributed by atoms with Crippen LogP contribution in [-0.2, 0) is 0 Å². The molecule has 2 unspecified atom stereocenters. The van der Waals surface area contributed by atoms with Gasteiger partial charge in [0.05, 0.1) is 10.9 Å². The second kappa shape index (κ2) is 9.61. The van der Waals surface area contributed by atoms with Crippen LogP contribution in [0.2, 0.25) is 5.02 Å². The van der Waals surface area contributed by atoms with Gasteiger partial charge in [-0.2, -0.15) is 9.97 Å². The summed E-state index contributed by atoms with van der Waals surface area (Å²) in [5, 5.41) is 14.8. The first-order valence-corrected chi connectivity index (χ1v) is 15.2. The second-order valence-electron chi connectivity index (χ2n) is 12.5. The van der Waals surface area contributed by atoms with Gasteiger partial charge in [-0.05, 0) is 68.7 Å². The van der Waals surface area contributed by atoms with Crippen LogP contribution >= 0.6 is 11.6 Å². The number of piperazine rings is 1. The Morgan fingerprint density at radius 2 is 2.05 bits per heavy atom. The monoisotopic (exact) mass is 582 g/mol. The van der Waals surface area contributed by atoms with Gasteiger partial charge in [0.15, 0.2) is 5.82 Å². The molecule has 9 rings (SSSR count). The van der Waals surface area contributed by atoms with E-state index in [4.69, 9.17) is 21.3 Å². The molecule has 2 aromatic heterocycles. The number of phenols is 1. The number of nitrogens with zero attached hydrogens (tertiary/aromatic N) is 5. The first-order chi connectivity index (χ1) is 19.9. The molecule has 0 radical (unpaired) electrons. The van der Waals surface area contributed by atoms with E-state index in [-0.39, 0.29) is 47.1 Å². The largest absolute Gasteiger partial charge is 0.508 e. The zero-order valence-electron chi connectivity index (χ0n) is 22.8. The third-order valence-corrected chi connectivity index (χ3v) is 10.2. The number of fused-ring (bicyclic) bond motifs is 5.